The number of rotatable bonds is 8. The lowest BCUT2D eigenvalue weighted by Crippen LogP contribution is -2.09. The van der Waals surface area contributed by atoms with Gasteiger partial charge in [0.05, 0.1) is 6.61 Å². The number of para-hydroxylation sites is 1. The van der Waals surface area contributed by atoms with Crippen molar-refractivity contribution in [1.29, 1.82) is 0 Å². The van der Waals surface area contributed by atoms with Crippen LogP contribution in [-0.4, -0.2) is 13.1 Å². The van der Waals surface area contributed by atoms with E-state index in [1.165, 1.54) is 12.8 Å². The van der Waals surface area contributed by atoms with E-state index in [1.54, 1.807) is 13.2 Å². The highest BCUT2D eigenvalue weighted by Gasteiger charge is 2.08. The number of unbranched alkanes of at least 4 members (excludes halogenated alkanes) is 3. The average molecular weight is 250 g/mol. The second kappa shape index (κ2) is 8.70. The molecule has 1 aromatic rings. The molecular formula is C15H22O3. The highest BCUT2D eigenvalue weighted by molar-refractivity contribution is 5.72. The third-order valence-electron chi connectivity index (χ3n) is 2.73. The van der Waals surface area contributed by atoms with E-state index in [4.69, 9.17) is 9.47 Å². The highest BCUT2D eigenvalue weighted by Crippen LogP contribution is 2.19. The number of hydrogen-bond donors (Lipinski definition) is 0. The van der Waals surface area contributed by atoms with Crippen molar-refractivity contribution >= 4 is 5.97 Å². The van der Waals surface area contributed by atoms with Gasteiger partial charge in [0.15, 0.2) is 0 Å². The minimum absolute atomic E-state index is 0.158. The lowest BCUT2D eigenvalue weighted by atomic mass is 10.1. The minimum Gasteiger partial charge on any atom is -0.426 e. The van der Waals surface area contributed by atoms with Gasteiger partial charge in [0.1, 0.15) is 5.75 Å². The molecule has 3 nitrogen and oxygen atoms in total. The number of methoxy groups -OCH3 is 1. The van der Waals surface area contributed by atoms with Gasteiger partial charge in [0.25, 0.3) is 0 Å². The van der Waals surface area contributed by atoms with Crippen LogP contribution in [0.3, 0.4) is 0 Å². The standard InChI is InChI=1S/C15H22O3/c1-3-4-5-6-11-15(16)18-14-10-8-7-9-13(14)12-17-2/h7-10H,3-6,11-12H2,1-2H3. The second-order valence-electron chi connectivity index (χ2n) is 4.33. The molecule has 0 radical (unpaired) electrons. The van der Waals surface area contributed by atoms with Crippen molar-refractivity contribution in [3.05, 3.63) is 29.8 Å². The number of ether oxygens (including phenoxy) is 2. The molecule has 0 heterocycles. The van der Waals surface area contributed by atoms with Gasteiger partial charge in [-0.05, 0) is 12.5 Å². The number of carbonyl (C=O) groups excluding carboxylic acids is 1. The van der Waals surface area contributed by atoms with Crippen LogP contribution < -0.4 is 4.74 Å². The van der Waals surface area contributed by atoms with Gasteiger partial charge >= 0.3 is 5.97 Å². The molecule has 100 valence electrons. The largest absolute Gasteiger partial charge is 0.426 e. The second-order valence-corrected chi connectivity index (χ2v) is 4.33. The summed E-state index contributed by atoms with van der Waals surface area (Å²) < 4.78 is 10.4. The van der Waals surface area contributed by atoms with E-state index in [-0.39, 0.29) is 5.97 Å². The van der Waals surface area contributed by atoms with E-state index in [9.17, 15) is 4.79 Å². The maximum Gasteiger partial charge on any atom is 0.311 e. The fraction of sp³-hybridized carbons (Fsp3) is 0.533. The van der Waals surface area contributed by atoms with Gasteiger partial charge in [-0.1, -0.05) is 44.4 Å². The molecule has 0 bridgehead atoms. The minimum atomic E-state index is -0.158. The first kappa shape index (κ1) is 14.7. The molecule has 0 spiro atoms. The molecule has 0 saturated heterocycles. The molecular weight excluding hydrogens is 228 g/mol. The van der Waals surface area contributed by atoms with E-state index >= 15 is 0 Å². The first-order chi connectivity index (χ1) is 8.77. The summed E-state index contributed by atoms with van der Waals surface area (Å²) >= 11 is 0. The SMILES string of the molecule is CCCCCCC(=O)Oc1ccccc1COC. The molecule has 0 aliphatic heterocycles. The van der Waals surface area contributed by atoms with Crippen LogP contribution in [0.25, 0.3) is 0 Å². The van der Waals surface area contributed by atoms with Crippen molar-refractivity contribution in [3.63, 3.8) is 0 Å². The van der Waals surface area contributed by atoms with Crippen molar-refractivity contribution in [2.45, 2.75) is 45.6 Å². The van der Waals surface area contributed by atoms with Crippen LogP contribution in [0.4, 0.5) is 0 Å². The molecule has 0 aromatic heterocycles. The molecule has 0 aliphatic carbocycles. The van der Waals surface area contributed by atoms with Crippen LogP contribution in [0.1, 0.15) is 44.6 Å². The molecule has 0 N–H and O–H groups in total. The Balaban J connectivity index is 2.43. The Hall–Kier alpha value is -1.35. The van der Waals surface area contributed by atoms with Gasteiger partial charge in [-0.25, -0.2) is 0 Å². The molecule has 0 saturated carbocycles. The normalized spacial score (nSPS) is 10.3. The zero-order valence-corrected chi connectivity index (χ0v) is 11.3. The van der Waals surface area contributed by atoms with Crippen LogP contribution in [0.2, 0.25) is 0 Å². The van der Waals surface area contributed by atoms with Gasteiger partial charge in [-0.2, -0.15) is 0 Å². The van der Waals surface area contributed by atoms with Crippen LogP contribution in [0.15, 0.2) is 24.3 Å². The maximum atomic E-state index is 11.7. The molecule has 0 aliphatic rings. The van der Waals surface area contributed by atoms with Crippen molar-refractivity contribution in [2.75, 3.05) is 7.11 Å². The molecule has 1 aromatic carbocycles. The topological polar surface area (TPSA) is 35.5 Å². The fourth-order valence-corrected chi connectivity index (χ4v) is 1.75. The van der Waals surface area contributed by atoms with Crippen LogP contribution in [0, 0.1) is 0 Å². The number of esters is 1. The van der Waals surface area contributed by atoms with Crippen LogP contribution in [-0.2, 0) is 16.1 Å². The summed E-state index contributed by atoms with van der Waals surface area (Å²) in [6.07, 6.45) is 4.82. The average Bonchev–Trinajstić information content (AvgIpc) is 2.37. The Morgan fingerprint density at radius 1 is 1.17 bits per heavy atom. The Bertz CT molecular complexity index is 361. The fourth-order valence-electron chi connectivity index (χ4n) is 1.75. The monoisotopic (exact) mass is 250 g/mol. The molecule has 0 atom stereocenters. The molecule has 0 unspecified atom stereocenters. The summed E-state index contributed by atoms with van der Waals surface area (Å²) in [4.78, 5) is 11.7. The van der Waals surface area contributed by atoms with E-state index < -0.39 is 0 Å². The van der Waals surface area contributed by atoms with Crippen molar-refractivity contribution < 1.29 is 14.3 Å². The van der Waals surface area contributed by atoms with Crippen molar-refractivity contribution in [1.82, 2.24) is 0 Å². The smallest absolute Gasteiger partial charge is 0.311 e. The van der Waals surface area contributed by atoms with Gasteiger partial charge in [0.2, 0.25) is 0 Å². The summed E-state index contributed by atoms with van der Waals surface area (Å²) in [5, 5.41) is 0. The summed E-state index contributed by atoms with van der Waals surface area (Å²) in [5.74, 6) is 0.453. The molecule has 0 amide bonds. The first-order valence-electron chi connectivity index (χ1n) is 6.55. The van der Waals surface area contributed by atoms with Gasteiger partial charge in [0, 0.05) is 19.1 Å². The first-order valence-corrected chi connectivity index (χ1v) is 6.55. The van der Waals surface area contributed by atoms with Crippen molar-refractivity contribution in [3.8, 4) is 5.75 Å². The van der Waals surface area contributed by atoms with E-state index in [0.717, 1.165) is 18.4 Å². The Kier molecular flexibility index (Phi) is 7.11. The Labute approximate surface area is 109 Å². The van der Waals surface area contributed by atoms with E-state index in [0.29, 0.717) is 18.8 Å². The van der Waals surface area contributed by atoms with Crippen LogP contribution in [0.5, 0.6) is 5.75 Å². The predicted molar refractivity (Wildman–Crippen MR) is 71.5 cm³/mol. The maximum absolute atomic E-state index is 11.7. The third kappa shape index (κ3) is 5.32. The summed E-state index contributed by atoms with van der Waals surface area (Å²) in [6.45, 7) is 2.61. The lowest BCUT2D eigenvalue weighted by Gasteiger charge is -2.09. The number of carbonyl (C=O) groups is 1. The zero-order chi connectivity index (χ0) is 13.2. The number of hydrogen-bond acceptors (Lipinski definition) is 3. The lowest BCUT2D eigenvalue weighted by molar-refractivity contribution is -0.134. The summed E-state index contributed by atoms with van der Waals surface area (Å²) in [6, 6.07) is 7.48. The molecule has 18 heavy (non-hydrogen) atoms. The van der Waals surface area contributed by atoms with Crippen LogP contribution >= 0.6 is 0 Å². The molecule has 3 heteroatoms. The summed E-state index contributed by atoms with van der Waals surface area (Å²) in [5.41, 5.74) is 0.905. The van der Waals surface area contributed by atoms with Gasteiger partial charge in [-0.15, -0.1) is 0 Å². The number of benzene rings is 1. The molecule has 1 rings (SSSR count). The molecule has 0 fully saturated rings. The Morgan fingerprint density at radius 2 is 1.94 bits per heavy atom. The van der Waals surface area contributed by atoms with E-state index in [2.05, 4.69) is 6.92 Å². The Morgan fingerprint density at radius 3 is 2.67 bits per heavy atom. The summed E-state index contributed by atoms with van der Waals surface area (Å²) in [7, 11) is 1.63. The predicted octanol–water partition coefficient (Wildman–Crippen LogP) is 3.71. The quantitative estimate of drug-likeness (QED) is 0.401. The van der Waals surface area contributed by atoms with Gasteiger partial charge < -0.3 is 9.47 Å². The highest BCUT2D eigenvalue weighted by atomic mass is 16.5. The van der Waals surface area contributed by atoms with Crippen molar-refractivity contribution in [2.24, 2.45) is 0 Å². The van der Waals surface area contributed by atoms with E-state index in [1.807, 2.05) is 18.2 Å². The zero-order valence-electron chi connectivity index (χ0n) is 11.3. The third-order valence-corrected chi connectivity index (χ3v) is 2.73. The van der Waals surface area contributed by atoms with Gasteiger partial charge in [-0.3, -0.25) is 4.79 Å².